The number of benzene rings is 1. The molecule has 148 valence electrons. The van der Waals surface area contributed by atoms with Crippen LogP contribution in [0.15, 0.2) is 42.6 Å². The first-order chi connectivity index (χ1) is 13.8. The van der Waals surface area contributed by atoms with Crippen molar-refractivity contribution in [3.05, 3.63) is 59.4 Å². The number of hydrogen-bond donors (Lipinski definition) is 2. The van der Waals surface area contributed by atoms with Crippen molar-refractivity contribution >= 4 is 12.0 Å². The molecule has 5 nitrogen and oxygen atoms in total. The number of aliphatic hydroxyl groups excluding tert-OH is 1. The fourth-order valence-electron chi connectivity index (χ4n) is 4.19. The second-order valence-electron chi connectivity index (χ2n) is 7.85. The van der Waals surface area contributed by atoms with Gasteiger partial charge in [-0.2, -0.15) is 0 Å². The molecule has 0 spiro atoms. The molecule has 1 aliphatic heterocycles. The minimum atomic E-state index is 0.297. The lowest BCUT2D eigenvalue weighted by Gasteiger charge is -2.32. The molecule has 1 atom stereocenters. The van der Waals surface area contributed by atoms with Crippen LogP contribution in [0.4, 0.5) is 5.95 Å². The summed E-state index contributed by atoms with van der Waals surface area (Å²) in [6.45, 7) is 3.02. The predicted molar refractivity (Wildman–Crippen MR) is 113 cm³/mol. The van der Waals surface area contributed by atoms with Crippen molar-refractivity contribution in [3.8, 4) is 0 Å². The molecule has 0 radical (unpaired) electrons. The lowest BCUT2D eigenvalue weighted by molar-refractivity contribution is 0.202. The van der Waals surface area contributed by atoms with Gasteiger partial charge in [-0.25, -0.2) is 9.97 Å². The third kappa shape index (κ3) is 4.59. The Morgan fingerprint density at radius 1 is 1.14 bits per heavy atom. The van der Waals surface area contributed by atoms with Gasteiger partial charge in [0.25, 0.3) is 0 Å². The van der Waals surface area contributed by atoms with E-state index in [1.807, 2.05) is 12.3 Å². The van der Waals surface area contributed by atoms with Crippen molar-refractivity contribution in [1.82, 2.24) is 15.3 Å². The zero-order valence-electron chi connectivity index (χ0n) is 16.4. The number of aliphatic hydroxyl groups is 1. The summed E-state index contributed by atoms with van der Waals surface area (Å²) in [5.41, 5.74) is 3.68. The molecular weight excluding hydrogens is 348 g/mol. The fourth-order valence-corrected chi connectivity index (χ4v) is 4.19. The molecule has 2 aromatic rings. The van der Waals surface area contributed by atoms with E-state index in [0.717, 1.165) is 57.7 Å². The topological polar surface area (TPSA) is 61.3 Å². The van der Waals surface area contributed by atoms with Crippen molar-refractivity contribution in [1.29, 1.82) is 0 Å². The van der Waals surface area contributed by atoms with E-state index in [0.29, 0.717) is 18.6 Å². The zero-order chi connectivity index (χ0) is 19.2. The summed E-state index contributed by atoms with van der Waals surface area (Å²) in [5.74, 6) is 1.30. The summed E-state index contributed by atoms with van der Waals surface area (Å²) < 4.78 is 0. The largest absolute Gasteiger partial charge is 0.396 e. The summed E-state index contributed by atoms with van der Waals surface area (Å²) in [7, 11) is 0. The van der Waals surface area contributed by atoms with Crippen LogP contribution in [0.3, 0.4) is 0 Å². The van der Waals surface area contributed by atoms with E-state index in [2.05, 4.69) is 51.6 Å². The first-order valence-corrected chi connectivity index (χ1v) is 10.5. The molecule has 28 heavy (non-hydrogen) atoms. The van der Waals surface area contributed by atoms with Crippen LogP contribution in [0.2, 0.25) is 0 Å². The molecule has 1 fully saturated rings. The Morgan fingerprint density at radius 2 is 1.96 bits per heavy atom. The number of aromatic nitrogens is 2. The number of anilines is 1. The standard InChI is InChI=1S/C23H30N4O/c28-17-19-11-14-27(15-12-19)23-25-16-20-21(9-4-10-22(20)26-23)24-13-5-8-18-6-2-1-3-7-18/h1-3,5-8,16,19,21,24,28H,4,9-15,17H2/b8-5+. The van der Waals surface area contributed by atoms with Gasteiger partial charge in [-0.05, 0) is 43.6 Å². The van der Waals surface area contributed by atoms with Crippen LogP contribution < -0.4 is 10.2 Å². The summed E-state index contributed by atoms with van der Waals surface area (Å²) in [6.07, 6.45) is 11.8. The third-order valence-electron chi connectivity index (χ3n) is 5.92. The van der Waals surface area contributed by atoms with E-state index in [-0.39, 0.29) is 0 Å². The molecule has 2 N–H and O–H groups in total. The second-order valence-corrected chi connectivity index (χ2v) is 7.85. The van der Waals surface area contributed by atoms with Gasteiger partial charge in [0, 0.05) is 44.0 Å². The van der Waals surface area contributed by atoms with E-state index in [4.69, 9.17) is 4.98 Å². The van der Waals surface area contributed by atoms with Crippen LogP contribution in [0.5, 0.6) is 0 Å². The first-order valence-electron chi connectivity index (χ1n) is 10.5. The van der Waals surface area contributed by atoms with Crippen LogP contribution in [-0.2, 0) is 6.42 Å². The summed E-state index contributed by atoms with van der Waals surface area (Å²) >= 11 is 0. The number of rotatable bonds is 6. The van der Waals surface area contributed by atoms with Gasteiger partial charge >= 0.3 is 0 Å². The molecule has 0 saturated carbocycles. The smallest absolute Gasteiger partial charge is 0.225 e. The van der Waals surface area contributed by atoms with Crippen molar-refractivity contribution < 1.29 is 5.11 Å². The SMILES string of the molecule is OCC1CCN(c2ncc3c(n2)CCCC3NC/C=C/c2ccccc2)CC1. The Hall–Kier alpha value is -2.24. The maximum absolute atomic E-state index is 9.33. The number of hydrogen-bond acceptors (Lipinski definition) is 5. The zero-order valence-corrected chi connectivity index (χ0v) is 16.4. The molecular formula is C23H30N4O. The highest BCUT2D eigenvalue weighted by molar-refractivity contribution is 5.48. The molecule has 0 bridgehead atoms. The molecule has 0 amide bonds. The molecule has 5 heteroatoms. The number of fused-ring (bicyclic) bond motifs is 1. The molecule has 1 saturated heterocycles. The second kappa shape index (κ2) is 9.30. The van der Waals surface area contributed by atoms with Crippen LogP contribution >= 0.6 is 0 Å². The van der Waals surface area contributed by atoms with E-state index < -0.39 is 0 Å². The minimum absolute atomic E-state index is 0.297. The molecule has 2 heterocycles. The van der Waals surface area contributed by atoms with Gasteiger partial charge in [0.05, 0.1) is 5.69 Å². The normalized spacial score (nSPS) is 20.5. The van der Waals surface area contributed by atoms with Crippen LogP contribution in [0, 0.1) is 5.92 Å². The summed E-state index contributed by atoms with van der Waals surface area (Å²) in [5, 5.41) is 13.0. The van der Waals surface area contributed by atoms with Crippen molar-refractivity contribution in [2.45, 2.75) is 38.1 Å². The minimum Gasteiger partial charge on any atom is -0.396 e. The Kier molecular flexibility index (Phi) is 6.34. The van der Waals surface area contributed by atoms with Gasteiger partial charge in [0.2, 0.25) is 5.95 Å². The average molecular weight is 379 g/mol. The van der Waals surface area contributed by atoms with Crippen LogP contribution in [0.25, 0.3) is 6.08 Å². The number of piperidine rings is 1. The Morgan fingerprint density at radius 3 is 2.75 bits per heavy atom. The highest BCUT2D eigenvalue weighted by atomic mass is 16.3. The summed E-state index contributed by atoms with van der Waals surface area (Å²) in [6, 6.07) is 10.7. The average Bonchev–Trinajstić information content (AvgIpc) is 2.77. The van der Waals surface area contributed by atoms with Crippen LogP contribution in [0.1, 0.15) is 48.5 Å². The quantitative estimate of drug-likeness (QED) is 0.807. The first kappa shape index (κ1) is 19.1. The molecule has 2 aliphatic rings. The molecule has 1 aromatic heterocycles. The van der Waals surface area contributed by atoms with Gasteiger partial charge in [-0.15, -0.1) is 0 Å². The number of aryl methyl sites for hydroxylation is 1. The van der Waals surface area contributed by atoms with E-state index in [1.54, 1.807) is 0 Å². The highest BCUT2D eigenvalue weighted by Gasteiger charge is 2.24. The molecule has 1 aromatic carbocycles. The van der Waals surface area contributed by atoms with Gasteiger partial charge in [-0.3, -0.25) is 0 Å². The molecule has 4 rings (SSSR count). The Bertz CT molecular complexity index is 784. The predicted octanol–water partition coefficient (Wildman–Crippen LogP) is 3.37. The van der Waals surface area contributed by atoms with Gasteiger partial charge in [0.1, 0.15) is 0 Å². The van der Waals surface area contributed by atoms with Gasteiger partial charge in [-0.1, -0.05) is 42.5 Å². The number of nitrogens with zero attached hydrogens (tertiary/aromatic N) is 3. The maximum atomic E-state index is 9.33. The van der Waals surface area contributed by atoms with Crippen LogP contribution in [-0.4, -0.2) is 41.3 Å². The summed E-state index contributed by atoms with van der Waals surface area (Å²) in [4.78, 5) is 11.9. The van der Waals surface area contributed by atoms with Gasteiger partial charge < -0.3 is 15.3 Å². The monoisotopic (exact) mass is 378 g/mol. The lowest BCUT2D eigenvalue weighted by atomic mass is 9.92. The molecule has 1 unspecified atom stereocenters. The van der Waals surface area contributed by atoms with E-state index in [9.17, 15) is 5.11 Å². The molecule has 1 aliphatic carbocycles. The van der Waals surface area contributed by atoms with Crippen molar-refractivity contribution in [3.63, 3.8) is 0 Å². The van der Waals surface area contributed by atoms with Crippen molar-refractivity contribution in [2.75, 3.05) is 31.1 Å². The highest BCUT2D eigenvalue weighted by Crippen LogP contribution is 2.30. The van der Waals surface area contributed by atoms with Gasteiger partial charge in [0.15, 0.2) is 0 Å². The third-order valence-corrected chi connectivity index (χ3v) is 5.92. The van der Waals surface area contributed by atoms with E-state index in [1.165, 1.54) is 16.8 Å². The van der Waals surface area contributed by atoms with E-state index >= 15 is 0 Å². The number of nitrogens with one attached hydrogen (secondary N) is 1. The maximum Gasteiger partial charge on any atom is 0.225 e. The Balaban J connectivity index is 1.37. The fraction of sp³-hybridized carbons (Fsp3) is 0.478. The van der Waals surface area contributed by atoms with Crippen molar-refractivity contribution in [2.24, 2.45) is 5.92 Å². The Labute approximate surface area is 167 Å². The lowest BCUT2D eigenvalue weighted by Crippen LogP contribution is -2.36.